The molecule has 72 valence electrons. The van der Waals surface area contributed by atoms with Gasteiger partial charge in [-0.3, -0.25) is 4.57 Å². The number of imidazole rings is 1. The molecule has 2 aromatic rings. The number of nitrogens with zero attached hydrogens (tertiary/aromatic N) is 2. The molecule has 0 bridgehead atoms. The summed E-state index contributed by atoms with van der Waals surface area (Å²) in [6, 6.07) is 5.68. The van der Waals surface area contributed by atoms with Gasteiger partial charge in [0.15, 0.2) is 0 Å². The monoisotopic (exact) mass is 207 g/mol. The van der Waals surface area contributed by atoms with Crippen molar-refractivity contribution in [3.63, 3.8) is 0 Å². The number of aromatic nitrogens is 2. The molecule has 0 fully saturated rings. The van der Waals surface area contributed by atoms with Gasteiger partial charge in [0.2, 0.25) is 5.95 Å². The SMILES string of the molecule is Cc1ccc(Cl)cc1-n1ccnc1N. The number of halogens is 1. The molecule has 0 aliphatic rings. The van der Waals surface area contributed by atoms with Gasteiger partial charge < -0.3 is 5.73 Å². The molecule has 2 rings (SSSR count). The molecular formula is C10H10ClN3. The number of hydrogen-bond acceptors (Lipinski definition) is 2. The highest BCUT2D eigenvalue weighted by Gasteiger charge is 2.04. The Balaban J connectivity index is 2.62. The Labute approximate surface area is 87.1 Å². The topological polar surface area (TPSA) is 43.8 Å². The third-order valence-corrected chi connectivity index (χ3v) is 2.34. The molecule has 0 unspecified atom stereocenters. The van der Waals surface area contributed by atoms with E-state index < -0.39 is 0 Å². The first-order valence-corrected chi connectivity index (χ1v) is 4.61. The third kappa shape index (κ3) is 1.46. The zero-order valence-electron chi connectivity index (χ0n) is 7.74. The van der Waals surface area contributed by atoms with Gasteiger partial charge in [-0.1, -0.05) is 17.7 Å². The number of nitrogen functional groups attached to an aromatic ring is 1. The summed E-state index contributed by atoms with van der Waals surface area (Å²) in [4.78, 5) is 3.96. The smallest absolute Gasteiger partial charge is 0.204 e. The first-order chi connectivity index (χ1) is 6.68. The Hall–Kier alpha value is -1.48. The fourth-order valence-electron chi connectivity index (χ4n) is 1.36. The highest BCUT2D eigenvalue weighted by Crippen LogP contribution is 2.20. The molecule has 0 radical (unpaired) electrons. The Morgan fingerprint density at radius 1 is 1.43 bits per heavy atom. The van der Waals surface area contributed by atoms with Crippen LogP contribution >= 0.6 is 11.6 Å². The lowest BCUT2D eigenvalue weighted by Crippen LogP contribution is -2.01. The van der Waals surface area contributed by atoms with Crippen LogP contribution in [0.1, 0.15) is 5.56 Å². The largest absolute Gasteiger partial charge is 0.369 e. The lowest BCUT2D eigenvalue weighted by atomic mass is 10.2. The number of nitrogens with two attached hydrogens (primary N) is 1. The van der Waals surface area contributed by atoms with Crippen LogP contribution in [0.3, 0.4) is 0 Å². The van der Waals surface area contributed by atoms with Gasteiger partial charge in [0.1, 0.15) is 0 Å². The maximum atomic E-state index is 5.91. The van der Waals surface area contributed by atoms with Crippen molar-refractivity contribution in [2.75, 3.05) is 5.73 Å². The van der Waals surface area contributed by atoms with Gasteiger partial charge in [-0.05, 0) is 24.6 Å². The number of anilines is 1. The Bertz CT molecular complexity index is 462. The van der Waals surface area contributed by atoms with Gasteiger partial charge in [0.05, 0.1) is 5.69 Å². The molecule has 1 aromatic heterocycles. The first kappa shape index (κ1) is 9.09. The summed E-state index contributed by atoms with van der Waals surface area (Å²) < 4.78 is 1.81. The van der Waals surface area contributed by atoms with Gasteiger partial charge in [-0.15, -0.1) is 0 Å². The van der Waals surface area contributed by atoms with Gasteiger partial charge in [0, 0.05) is 17.4 Å². The Morgan fingerprint density at radius 3 is 2.86 bits per heavy atom. The van der Waals surface area contributed by atoms with Crippen molar-refractivity contribution < 1.29 is 0 Å². The molecule has 1 aromatic carbocycles. The fraction of sp³-hybridized carbons (Fsp3) is 0.100. The van der Waals surface area contributed by atoms with Crippen molar-refractivity contribution in [2.45, 2.75) is 6.92 Å². The molecule has 14 heavy (non-hydrogen) atoms. The van der Waals surface area contributed by atoms with E-state index in [2.05, 4.69) is 4.98 Å². The summed E-state index contributed by atoms with van der Waals surface area (Å²) in [5, 5.41) is 0.693. The van der Waals surface area contributed by atoms with E-state index in [1.807, 2.05) is 31.3 Å². The van der Waals surface area contributed by atoms with Crippen LogP contribution in [0.5, 0.6) is 0 Å². The van der Waals surface area contributed by atoms with Crippen molar-refractivity contribution in [3.8, 4) is 5.69 Å². The highest BCUT2D eigenvalue weighted by atomic mass is 35.5. The van der Waals surface area contributed by atoms with Crippen molar-refractivity contribution in [1.29, 1.82) is 0 Å². The van der Waals surface area contributed by atoms with E-state index in [1.54, 1.807) is 10.8 Å². The number of benzene rings is 1. The number of hydrogen-bond donors (Lipinski definition) is 1. The van der Waals surface area contributed by atoms with Crippen LogP contribution in [0.25, 0.3) is 5.69 Å². The zero-order valence-corrected chi connectivity index (χ0v) is 8.49. The molecule has 0 saturated heterocycles. The quantitative estimate of drug-likeness (QED) is 0.781. The average molecular weight is 208 g/mol. The molecule has 0 saturated carbocycles. The predicted octanol–water partition coefficient (Wildman–Crippen LogP) is 2.42. The molecule has 0 atom stereocenters. The second-order valence-corrected chi connectivity index (χ2v) is 3.52. The van der Waals surface area contributed by atoms with E-state index in [-0.39, 0.29) is 0 Å². The van der Waals surface area contributed by atoms with E-state index in [1.165, 1.54) is 0 Å². The maximum Gasteiger partial charge on any atom is 0.204 e. The minimum atomic E-state index is 0.468. The lowest BCUT2D eigenvalue weighted by Gasteiger charge is -2.08. The van der Waals surface area contributed by atoms with Crippen LogP contribution in [0.15, 0.2) is 30.6 Å². The maximum absolute atomic E-state index is 5.91. The first-order valence-electron chi connectivity index (χ1n) is 4.24. The van der Waals surface area contributed by atoms with Crippen LogP contribution < -0.4 is 5.73 Å². The molecule has 4 heteroatoms. The van der Waals surface area contributed by atoms with E-state index >= 15 is 0 Å². The summed E-state index contributed by atoms with van der Waals surface area (Å²) in [5.41, 5.74) is 7.78. The fourth-order valence-corrected chi connectivity index (χ4v) is 1.53. The molecule has 0 spiro atoms. The van der Waals surface area contributed by atoms with Crippen LogP contribution in [-0.4, -0.2) is 9.55 Å². The normalized spacial score (nSPS) is 10.4. The number of aryl methyl sites for hydroxylation is 1. The molecular weight excluding hydrogens is 198 g/mol. The van der Waals surface area contributed by atoms with Crippen LogP contribution in [-0.2, 0) is 0 Å². The lowest BCUT2D eigenvalue weighted by molar-refractivity contribution is 1.06. The molecule has 0 amide bonds. The molecule has 2 N–H and O–H groups in total. The van der Waals surface area contributed by atoms with Gasteiger partial charge in [0.25, 0.3) is 0 Å². The molecule has 1 heterocycles. The second-order valence-electron chi connectivity index (χ2n) is 3.09. The van der Waals surface area contributed by atoms with E-state index in [4.69, 9.17) is 17.3 Å². The summed E-state index contributed by atoms with van der Waals surface area (Å²) in [5.74, 6) is 0.468. The van der Waals surface area contributed by atoms with Gasteiger partial charge in [-0.2, -0.15) is 0 Å². The molecule has 3 nitrogen and oxygen atoms in total. The Kier molecular flexibility index (Phi) is 2.17. The summed E-state index contributed by atoms with van der Waals surface area (Å²) in [6.07, 6.45) is 3.48. The van der Waals surface area contributed by atoms with Crippen molar-refractivity contribution in [1.82, 2.24) is 9.55 Å². The second kappa shape index (κ2) is 3.35. The van der Waals surface area contributed by atoms with E-state index in [9.17, 15) is 0 Å². The highest BCUT2D eigenvalue weighted by molar-refractivity contribution is 6.30. The standard InChI is InChI=1S/C10H10ClN3/c1-7-2-3-8(11)6-9(7)14-5-4-13-10(14)12/h2-6H,1H3,(H2,12,13). The van der Waals surface area contributed by atoms with Crippen molar-refractivity contribution in [2.24, 2.45) is 0 Å². The minimum absolute atomic E-state index is 0.468. The summed E-state index contributed by atoms with van der Waals surface area (Å²) in [7, 11) is 0. The van der Waals surface area contributed by atoms with E-state index in [0.29, 0.717) is 11.0 Å². The van der Waals surface area contributed by atoms with Crippen LogP contribution in [0, 0.1) is 6.92 Å². The van der Waals surface area contributed by atoms with Crippen molar-refractivity contribution in [3.05, 3.63) is 41.2 Å². The zero-order chi connectivity index (χ0) is 10.1. The van der Waals surface area contributed by atoms with Gasteiger partial charge >= 0.3 is 0 Å². The average Bonchev–Trinajstić information content (AvgIpc) is 2.56. The molecule has 0 aliphatic heterocycles. The minimum Gasteiger partial charge on any atom is -0.369 e. The Morgan fingerprint density at radius 2 is 2.21 bits per heavy atom. The summed E-state index contributed by atoms with van der Waals surface area (Å²) in [6.45, 7) is 2.01. The van der Waals surface area contributed by atoms with Gasteiger partial charge in [-0.25, -0.2) is 4.98 Å². The number of rotatable bonds is 1. The van der Waals surface area contributed by atoms with Crippen molar-refractivity contribution >= 4 is 17.5 Å². The van der Waals surface area contributed by atoms with Crippen LogP contribution in [0.4, 0.5) is 5.95 Å². The van der Waals surface area contributed by atoms with E-state index in [0.717, 1.165) is 11.3 Å². The van der Waals surface area contributed by atoms with Crippen LogP contribution in [0.2, 0.25) is 5.02 Å². The molecule has 0 aliphatic carbocycles. The third-order valence-electron chi connectivity index (χ3n) is 2.10. The summed E-state index contributed by atoms with van der Waals surface area (Å²) >= 11 is 5.91. The predicted molar refractivity (Wildman–Crippen MR) is 57.7 cm³/mol.